The maximum Gasteiger partial charge on any atom is 0.252 e. The zero-order valence-electron chi connectivity index (χ0n) is 24.1. The fourth-order valence-electron chi connectivity index (χ4n) is 5.61. The Labute approximate surface area is 267 Å². The second kappa shape index (κ2) is 14.0. The Morgan fingerprint density at radius 3 is 2.37 bits per heavy atom. The number of nitrogens with zero attached hydrogens (tertiary/aromatic N) is 2. The molecule has 2 heterocycles. The minimum atomic E-state index is -0.273. The number of hydrogen-bond donors (Lipinski definition) is 1. The summed E-state index contributed by atoms with van der Waals surface area (Å²) >= 11 is 18.7. The number of carbonyl (C=O) groups excluding carboxylic acids is 2. The van der Waals surface area contributed by atoms with Gasteiger partial charge >= 0.3 is 0 Å². The Kier molecular flexibility index (Phi) is 10.2. The molecule has 226 valence electrons. The number of nitrogens with one attached hydrogen (secondary N) is 1. The smallest absolute Gasteiger partial charge is 0.252 e. The van der Waals surface area contributed by atoms with Gasteiger partial charge in [-0.15, -0.1) is 0 Å². The van der Waals surface area contributed by atoms with Crippen LogP contribution in [0.15, 0.2) is 72.3 Å². The van der Waals surface area contributed by atoms with Crippen molar-refractivity contribution in [3.05, 3.63) is 98.5 Å². The first-order valence-corrected chi connectivity index (χ1v) is 15.5. The van der Waals surface area contributed by atoms with Crippen LogP contribution in [0.1, 0.15) is 31.4 Å². The van der Waals surface area contributed by atoms with Gasteiger partial charge in [0.1, 0.15) is 29.7 Å². The molecule has 2 aliphatic heterocycles. The van der Waals surface area contributed by atoms with Gasteiger partial charge in [0.05, 0.1) is 11.1 Å². The second-order valence-electron chi connectivity index (χ2n) is 10.6. The number of carbonyl (C=O) groups is 2. The zero-order chi connectivity index (χ0) is 30.5. The Hall–Kier alpha value is -3.23. The lowest BCUT2D eigenvalue weighted by Crippen LogP contribution is -2.61. The van der Waals surface area contributed by atoms with E-state index >= 15 is 0 Å². The highest BCUT2D eigenvalue weighted by molar-refractivity contribution is 6.42. The van der Waals surface area contributed by atoms with Crippen molar-refractivity contribution in [3.63, 3.8) is 0 Å². The van der Waals surface area contributed by atoms with Crippen molar-refractivity contribution in [2.75, 3.05) is 32.8 Å². The van der Waals surface area contributed by atoms with Gasteiger partial charge in [-0.25, -0.2) is 0 Å². The number of ether oxygens (including phenoxy) is 2. The normalized spacial score (nSPS) is 17.9. The highest BCUT2D eigenvalue weighted by atomic mass is 35.5. The average molecular weight is 643 g/mol. The molecule has 0 radical (unpaired) electrons. The summed E-state index contributed by atoms with van der Waals surface area (Å²) < 4.78 is 11.6. The minimum absolute atomic E-state index is 0.0123. The largest absolute Gasteiger partial charge is 0.490 e. The Balaban J connectivity index is 1.36. The summed E-state index contributed by atoms with van der Waals surface area (Å²) in [6.45, 7) is 6.12. The maximum absolute atomic E-state index is 14.2. The third-order valence-electron chi connectivity index (χ3n) is 7.80. The molecule has 0 aliphatic carbocycles. The highest BCUT2D eigenvalue weighted by Crippen LogP contribution is 2.35. The predicted octanol–water partition coefficient (Wildman–Crippen LogP) is 6.50. The van der Waals surface area contributed by atoms with E-state index in [2.05, 4.69) is 5.32 Å². The first kappa shape index (κ1) is 31.2. The van der Waals surface area contributed by atoms with E-state index in [0.29, 0.717) is 78.0 Å². The van der Waals surface area contributed by atoms with Gasteiger partial charge < -0.3 is 24.6 Å². The number of likely N-dealkylation sites (N-methyl/N-ethyl adjacent to an activating group) is 1. The molecule has 0 spiro atoms. The van der Waals surface area contributed by atoms with Crippen LogP contribution in [0.25, 0.3) is 5.57 Å². The van der Waals surface area contributed by atoms with Crippen LogP contribution in [0.5, 0.6) is 11.5 Å². The van der Waals surface area contributed by atoms with E-state index in [9.17, 15) is 9.59 Å². The molecule has 2 amide bonds. The number of rotatable bonds is 10. The van der Waals surface area contributed by atoms with Gasteiger partial charge in [-0.05, 0) is 60.4 Å². The number of piperazine rings is 1. The summed E-state index contributed by atoms with van der Waals surface area (Å²) in [6.07, 6.45) is 0.624. The molecule has 3 aromatic rings. The molecule has 5 rings (SSSR count). The minimum Gasteiger partial charge on any atom is -0.490 e. The number of amides is 2. The first-order valence-electron chi connectivity index (χ1n) is 14.3. The van der Waals surface area contributed by atoms with E-state index in [1.54, 1.807) is 25.1 Å². The third kappa shape index (κ3) is 7.29. The lowest BCUT2D eigenvalue weighted by molar-refractivity contribution is -0.132. The highest BCUT2D eigenvalue weighted by Gasteiger charge is 2.40. The molecular weight excluding hydrogens is 609 g/mol. The molecule has 0 saturated carbocycles. The predicted molar refractivity (Wildman–Crippen MR) is 171 cm³/mol. The fourth-order valence-corrected chi connectivity index (χ4v) is 6.15. The van der Waals surface area contributed by atoms with Gasteiger partial charge in [0.15, 0.2) is 0 Å². The lowest BCUT2D eigenvalue weighted by Gasteiger charge is -2.44. The van der Waals surface area contributed by atoms with Crippen LogP contribution in [0.4, 0.5) is 0 Å². The van der Waals surface area contributed by atoms with Crippen LogP contribution in [0.2, 0.25) is 15.1 Å². The Morgan fingerprint density at radius 1 is 0.930 bits per heavy atom. The topological polar surface area (TPSA) is 71.1 Å². The molecule has 1 saturated heterocycles. The van der Waals surface area contributed by atoms with Gasteiger partial charge in [0.25, 0.3) is 5.91 Å². The SMILES string of the molecule is CCN(Cc1ccccc1Cl)C(=O)C1=C(c2ccc(OCCOc3cccc(Cl)c3Cl)cc2)C[C@@H]2CN(C(C)=O)C[C@H]1N2. The second-order valence-corrected chi connectivity index (χ2v) is 11.8. The molecule has 0 aromatic heterocycles. The molecule has 2 atom stereocenters. The summed E-state index contributed by atoms with van der Waals surface area (Å²) in [4.78, 5) is 30.2. The summed E-state index contributed by atoms with van der Waals surface area (Å²) in [5, 5.41) is 5.04. The standard InChI is InChI=1S/C33H34Cl3N3O4/c1-3-38(18-23-7-4-5-8-27(23)34)33(41)31-26(17-24-19-39(21(2)40)20-29(31)37-24)22-11-13-25(14-12-22)42-15-16-43-30-10-6-9-28(35)32(30)36/h4-14,24,29,37H,3,15-20H2,1-2H3/t24-,29-/m1/s1. The van der Waals surface area contributed by atoms with Crippen molar-refractivity contribution < 1.29 is 19.1 Å². The molecule has 2 aliphatic rings. The maximum atomic E-state index is 14.2. The summed E-state index contributed by atoms with van der Waals surface area (Å²) in [5.74, 6) is 1.14. The summed E-state index contributed by atoms with van der Waals surface area (Å²) in [5.41, 5.74) is 3.53. The summed E-state index contributed by atoms with van der Waals surface area (Å²) in [7, 11) is 0. The van der Waals surface area contributed by atoms with Gasteiger partial charge in [0, 0.05) is 49.7 Å². The lowest BCUT2D eigenvalue weighted by atomic mass is 9.83. The number of halogens is 3. The molecular formula is C33H34Cl3N3O4. The van der Waals surface area contributed by atoms with Crippen molar-refractivity contribution >= 4 is 52.2 Å². The number of fused-ring (bicyclic) bond motifs is 2. The van der Waals surface area contributed by atoms with Gasteiger partial charge in [0.2, 0.25) is 5.91 Å². The molecule has 10 heteroatoms. The first-order chi connectivity index (χ1) is 20.7. The van der Waals surface area contributed by atoms with Gasteiger partial charge in [-0.3, -0.25) is 9.59 Å². The van der Waals surface area contributed by atoms with Crippen LogP contribution in [-0.2, 0) is 16.1 Å². The Bertz CT molecular complexity index is 1510. The van der Waals surface area contributed by atoms with Crippen molar-refractivity contribution in [2.24, 2.45) is 0 Å². The van der Waals surface area contributed by atoms with Crippen molar-refractivity contribution in [1.29, 1.82) is 0 Å². The molecule has 1 N–H and O–H groups in total. The van der Waals surface area contributed by atoms with Crippen molar-refractivity contribution in [2.45, 2.75) is 38.9 Å². The van der Waals surface area contributed by atoms with Crippen LogP contribution < -0.4 is 14.8 Å². The van der Waals surface area contributed by atoms with Crippen molar-refractivity contribution in [1.82, 2.24) is 15.1 Å². The van der Waals surface area contributed by atoms with E-state index in [-0.39, 0.29) is 23.9 Å². The molecule has 43 heavy (non-hydrogen) atoms. The van der Waals surface area contributed by atoms with Gasteiger partial charge in [-0.2, -0.15) is 0 Å². The fraction of sp³-hybridized carbons (Fsp3) is 0.333. The van der Waals surface area contributed by atoms with E-state index in [1.165, 1.54) is 0 Å². The van der Waals surface area contributed by atoms with Crippen LogP contribution in [0.3, 0.4) is 0 Å². The molecule has 3 aromatic carbocycles. The quantitative estimate of drug-likeness (QED) is 0.256. The Morgan fingerprint density at radius 2 is 1.65 bits per heavy atom. The zero-order valence-corrected chi connectivity index (χ0v) is 26.4. The molecule has 7 nitrogen and oxygen atoms in total. The van der Waals surface area contributed by atoms with E-state index in [0.717, 1.165) is 16.7 Å². The monoisotopic (exact) mass is 641 g/mol. The van der Waals surface area contributed by atoms with Crippen LogP contribution in [0, 0.1) is 0 Å². The number of hydrogen-bond acceptors (Lipinski definition) is 5. The summed E-state index contributed by atoms with van der Waals surface area (Å²) in [6, 6.07) is 20.4. The van der Waals surface area contributed by atoms with Crippen LogP contribution >= 0.6 is 34.8 Å². The average Bonchev–Trinajstić information content (AvgIpc) is 3.00. The molecule has 0 unspecified atom stereocenters. The van der Waals surface area contributed by atoms with E-state index < -0.39 is 0 Å². The molecule has 1 fully saturated rings. The van der Waals surface area contributed by atoms with Crippen molar-refractivity contribution in [3.8, 4) is 11.5 Å². The van der Waals surface area contributed by atoms with E-state index in [4.69, 9.17) is 44.3 Å². The van der Waals surface area contributed by atoms with Crippen LogP contribution in [-0.4, -0.2) is 66.5 Å². The third-order valence-corrected chi connectivity index (χ3v) is 8.97. The van der Waals surface area contributed by atoms with Gasteiger partial charge in [-0.1, -0.05) is 71.2 Å². The molecule has 2 bridgehead atoms. The van der Waals surface area contributed by atoms with E-state index in [1.807, 2.05) is 65.3 Å². The number of benzene rings is 3.